The summed E-state index contributed by atoms with van der Waals surface area (Å²) in [5.74, 6) is 0.794. The number of nitrogens with zero attached hydrogens (tertiary/aromatic N) is 2. The smallest absolute Gasteiger partial charge is 0.409 e. The van der Waals surface area contributed by atoms with Gasteiger partial charge >= 0.3 is 6.09 Å². The molecule has 0 saturated carbocycles. The lowest BCUT2D eigenvalue weighted by molar-refractivity contribution is 0.0572. The Hall–Kier alpha value is -1.76. The van der Waals surface area contributed by atoms with Crippen LogP contribution in [-0.2, 0) is 17.6 Å². The highest BCUT2D eigenvalue weighted by Crippen LogP contribution is 2.40. The number of piperazine rings is 1. The van der Waals surface area contributed by atoms with Crippen LogP contribution in [0.3, 0.4) is 0 Å². The Kier molecular flexibility index (Phi) is 5.28. The topological polar surface area (TPSA) is 59.1 Å². The van der Waals surface area contributed by atoms with Gasteiger partial charge in [0.25, 0.3) is 5.91 Å². The van der Waals surface area contributed by atoms with Crippen molar-refractivity contribution >= 4 is 23.3 Å². The number of methoxy groups -OCH3 is 1. The van der Waals surface area contributed by atoms with Gasteiger partial charge < -0.3 is 19.3 Å². The van der Waals surface area contributed by atoms with E-state index in [2.05, 4.69) is 0 Å². The van der Waals surface area contributed by atoms with Gasteiger partial charge in [-0.25, -0.2) is 4.79 Å². The minimum Gasteiger partial charge on any atom is -0.495 e. The van der Waals surface area contributed by atoms with Crippen LogP contribution < -0.4 is 4.74 Å². The van der Waals surface area contributed by atoms with Gasteiger partial charge in [-0.3, -0.25) is 4.79 Å². The molecule has 1 fully saturated rings. The first kappa shape index (κ1) is 17.1. The van der Waals surface area contributed by atoms with Crippen molar-refractivity contribution in [3.05, 3.63) is 15.3 Å². The Morgan fingerprint density at radius 1 is 1.08 bits per heavy atom. The summed E-state index contributed by atoms with van der Waals surface area (Å²) in [7, 11) is 1.65. The van der Waals surface area contributed by atoms with Crippen LogP contribution in [0.4, 0.5) is 4.79 Å². The molecule has 2 heterocycles. The van der Waals surface area contributed by atoms with Crippen LogP contribution in [0.5, 0.6) is 5.75 Å². The highest BCUT2D eigenvalue weighted by molar-refractivity contribution is 7.14. The highest BCUT2D eigenvalue weighted by Gasteiger charge is 2.31. The van der Waals surface area contributed by atoms with E-state index < -0.39 is 0 Å². The predicted molar refractivity (Wildman–Crippen MR) is 92.0 cm³/mol. The monoisotopic (exact) mass is 352 g/mol. The van der Waals surface area contributed by atoms with Crippen molar-refractivity contribution < 1.29 is 19.1 Å². The van der Waals surface area contributed by atoms with Crippen molar-refractivity contribution in [1.82, 2.24) is 9.80 Å². The van der Waals surface area contributed by atoms with E-state index in [0.29, 0.717) is 37.7 Å². The second-order valence-corrected chi connectivity index (χ2v) is 7.16. The van der Waals surface area contributed by atoms with Crippen LogP contribution in [0.1, 0.15) is 39.9 Å². The first-order valence-electron chi connectivity index (χ1n) is 8.55. The summed E-state index contributed by atoms with van der Waals surface area (Å²) in [4.78, 5) is 30.2. The first-order chi connectivity index (χ1) is 11.7. The van der Waals surface area contributed by atoms with E-state index in [4.69, 9.17) is 9.47 Å². The fourth-order valence-corrected chi connectivity index (χ4v) is 4.67. The molecule has 1 aliphatic heterocycles. The van der Waals surface area contributed by atoms with Crippen molar-refractivity contribution in [1.29, 1.82) is 0 Å². The molecule has 0 N–H and O–H groups in total. The molecule has 0 radical (unpaired) electrons. The van der Waals surface area contributed by atoms with E-state index in [1.54, 1.807) is 30.3 Å². The van der Waals surface area contributed by atoms with E-state index in [1.807, 2.05) is 4.90 Å². The number of carbonyl (C=O) groups is 2. The van der Waals surface area contributed by atoms with Gasteiger partial charge in [-0.1, -0.05) is 0 Å². The molecule has 0 aromatic carbocycles. The van der Waals surface area contributed by atoms with Crippen LogP contribution in [0.2, 0.25) is 0 Å². The number of rotatable bonds is 3. The molecular weight excluding hydrogens is 328 g/mol. The lowest BCUT2D eigenvalue weighted by Gasteiger charge is -2.33. The number of carbonyl (C=O) groups excluding carboxylic acids is 2. The predicted octanol–water partition coefficient (Wildman–Crippen LogP) is 2.55. The number of fused-ring (bicyclic) bond motifs is 1. The Bertz CT molecular complexity index is 620. The second-order valence-electron chi connectivity index (χ2n) is 6.05. The van der Waals surface area contributed by atoms with Crippen molar-refractivity contribution in [2.75, 3.05) is 39.9 Å². The summed E-state index contributed by atoms with van der Waals surface area (Å²) in [5.41, 5.74) is 1.22. The summed E-state index contributed by atoms with van der Waals surface area (Å²) in [5, 5.41) is 0. The van der Waals surface area contributed by atoms with Crippen molar-refractivity contribution in [3.63, 3.8) is 0 Å². The lowest BCUT2D eigenvalue weighted by atomic mass is 9.98. The normalized spacial score (nSPS) is 17.4. The van der Waals surface area contributed by atoms with Crippen molar-refractivity contribution in [2.45, 2.75) is 32.6 Å². The van der Waals surface area contributed by atoms with Crippen LogP contribution >= 0.6 is 11.3 Å². The maximum atomic E-state index is 12.9. The first-order valence-corrected chi connectivity index (χ1v) is 9.36. The zero-order valence-corrected chi connectivity index (χ0v) is 15.1. The summed E-state index contributed by atoms with van der Waals surface area (Å²) >= 11 is 1.58. The van der Waals surface area contributed by atoms with Gasteiger partial charge in [0.1, 0.15) is 10.6 Å². The zero-order valence-electron chi connectivity index (χ0n) is 14.3. The van der Waals surface area contributed by atoms with E-state index in [0.717, 1.165) is 25.0 Å². The largest absolute Gasteiger partial charge is 0.495 e. The highest BCUT2D eigenvalue weighted by atomic mass is 32.1. The van der Waals surface area contributed by atoms with Gasteiger partial charge in [-0.2, -0.15) is 0 Å². The van der Waals surface area contributed by atoms with E-state index >= 15 is 0 Å². The van der Waals surface area contributed by atoms with Gasteiger partial charge in [0.05, 0.1) is 13.7 Å². The van der Waals surface area contributed by atoms with E-state index in [-0.39, 0.29) is 12.0 Å². The minimum atomic E-state index is -0.297. The average Bonchev–Trinajstić information content (AvgIpc) is 3.00. The zero-order chi connectivity index (χ0) is 17.1. The molecular formula is C17H24N2O4S. The number of amides is 2. The maximum absolute atomic E-state index is 12.9. The molecule has 2 aliphatic rings. The molecule has 2 amide bonds. The fraction of sp³-hybridized carbons (Fsp3) is 0.647. The molecule has 7 heteroatoms. The Morgan fingerprint density at radius 2 is 1.75 bits per heavy atom. The number of aryl methyl sites for hydroxylation is 1. The lowest BCUT2D eigenvalue weighted by Crippen LogP contribution is -2.50. The van der Waals surface area contributed by atoms with Crippen molar-refractivity contribution in [2.24, 2.45) is 0 Å². The van der Waals surface area contributed by atoms with Gasteiger partial charge in [0.2, 0.25) is 0 Å². The Labute approximate surface area is 146 Å². The molecule has 0 unspecified atom stereocenters. The second kappa shape index (κ2) is 7.42. The quantitative estimate of drug-likeness (QED) is 0.839. The molecule has 1 saturated heterocycles. The summed E-state index contributed by atoms with van der Waals surface area (Å²) < 4.78 is 10.6. The molecule has 6 nitrogen and oxygen atoms in total. The summed E-state index contributed by atoms with van der Waals surface area (Å²) in [6.07, 6.45) is 4.09. The third-order valence-corrected chi connectivity index (χ3v) is 5.88. The molecule has 24 heavy (non-hydrogen) atoms. The number of hydrogen-bond donors (Lipinski definition) is 0. The van der Waals surface area contributed by atoms with Crippen molar-refractivity contribution in [3.8, 4) is 5.75 Å². The fourth-order valence-electron chi connectivity index (χ4n) is 3.34. The molecule has 1 aromatic heterocycles. The molecule has 0 spiro atoms. The van der Waals surface area contributed by atoms with Crippen LogP contribution in [-0.4, -0.2) is 61.7 Å². The van der Waals surface area contributed by atoms with Crippen LogP contribution in [0, 0.1) is 0 Å². The van der Waals surface area contributed by atoms with E-state index in [1.165, 1.54) is 16.9 Å². The molecule has 1 aliphatic carbocycles. The standard InChI is InChI=1S/C17H24N2O4S/c1-3-23-17(21)19-10-8-18(9-11-19)16(20)15-14(22-2)12-6-4-5-7-13(12)24-15/h3-11H2,1-2H3. The minimum absolute atomic E-state index is 0.0229. The molecule has 132 valence electrons. The third-order valence-electron chi connectivity index (χ3n) is 4.61. The maximum Gasteiger partial charge on any atom is 0.409 e. The molecule has 3 rings (SSSR count). The van der Waals surface area contributed by atoms with Gasteiger partial charge in [0, 0.05) is 36.6 Å². The Morgan fingerprint density at radius 3 is 2.42 bits per heavy atom. The van der Waals surface area contributed by atoms with Crippen LogP contribution in [0.25, 0.3) is 0 Å². The third kappa shape index (κ3) is 3.22. The SMILES string of the molecule is CCOC(=O)N1CCN(C(=O)c2sc3c(c2OC)CCCC3)CC1. The summed E-state index contributed by atoms with van der Waals surface area (Å²) in [6, 6.07) is 0. The van der Waals surface area contributed by atoms with Gasteiger partial charge in [-0.15, -0.1) is 11.3 Å². The van der Waals surface area contributed by atoms with E-state index in [9.17, 15) is 9.59 Å². The Balaban J connectivity index is 1.70. The summed E-state index contributed by atoms with van der Waals surface area (Å²) in [6.45, 7) is 4.25. The number of thiophene rings is 1. The van der Waals surface area contributed by atoms with Crippen LogP contribution in [0.15, 0.2) is 0 Å². The average molecular weight is 352 g/mol. The number of ether oxygens (including phenoxy) is 2. The molecule has 0 bridgehead atoms. The van der Waals surface area contributed by atoms with Gasteiger partial charge in [0.15, 0.2) is 0 Å². The van der Waals surface area contributed by atoms with Gasteiger partial charge in [-0.05, 0) is 32.6 Å². The molecule has 0 atom stereocenters. The molecule has 1 aromatic rings. The number of hydrogen-bond acceptors (Lipinski definition) is 5.